The number of hydrogen-bond acceptors (Lipinski definition) is 2. The Kier molecular flexibility index (Phi) is 5.01. The van der Waals surface area contributed by atoms with Gasteiger partial charge in [0.05, 0.1) is 6.57 Å². The monoisotopic (exact) mass is 285 g/mol. The molecule has 3 nitrogen and oxygen atoms in total. The predicted octanol–water partition coefficient (Wildman–Crippen LogP) is 4.85. The van der Waals surface area contributed by atoms with Crippen LogP contribution < -0.4 is 0 Å². The van der Waals surface area contributed by atoms with Gasteiger partial charge in [-0.1, -0.05) is 45.4 Å². The van der Waals surface area contributed by atoms with E-state index in [0.29, 0.717) is 29.0 Å². The van der Waals surface area contributed by atoms with Gasteiger partial charge in [0.2, 0.25) is 0 Å². The molecule has 0 bridgehead atoms. The SMILES string of the molecule is [C-]#[N+]c1cccc(C(=O)O[C@H]2C[C@H](C)CC[C@H]2C(C)C)c1. The first-order valence-corrected chi connectivity index (χ1v) is 7.69. The fourth-order valence-electron chi connectivity index (χ4n) is 3.16. The van der Waals surface area contributed by atoms with E-state index in [-0.39, 0.29) is 12.1 Å². The van der Waals surface area contributed by atoms with Gasteiger partial charge < -0.3 is 4.74 Å². The molecule has 1 aliphatic rings. The van der Waals surface area contributed by atoms with E-state index < -0.39 is 0 Å². The van der Waals surface area contributed by atoms with Gasteiger partial charge in [0.15, 0.2) is 5.69 Å². The van der Waals surface area contributed by atoms with Crippen molar-refractivity contribution in [3.63, 3.8) is 0 Å². The molecule has 0 aromatic heterocycles. The molecule has 1 fully saturated rings. The van der Waals surface area contributed by atoms with Crippen LogP contribution in [0.4, 0.5) is 5.69 Å². The molecule has 1 aliphatic carbocycles. The Balaban J connectivity index is 2.10. The van der Waals surface area contributed by atoms with Crippen LogP contribution in [0.5, 0.6) is 0 Å². The van der Waals surface area contributed by atoms with E-state index in [4.69, 9.17) is 11.3 Å². The normalized spacial score (nSPS) is 25.4. The summed E-state index contributed by atoms with van der Waals surface area (Å²) in [7, 11) is 0. The molecule has 1 saturated carbocycles. The number of esters is 1. The van der Waals surface area contributed by atoms with Crippen molar-refractivity contribution in [2.24, 2.45) is 17.8 Å². The number of nitrogens with zero attached hydrogens (tertiary/aromatic N) is 1. The van der Waals surface area contributed by atoms with E-state index in [2.05, 4.69) is 25.6 Å². The number of benzene rings is 1. The number of carbonyl (C=O) groups is 1. The smallest absolute Gasteiger partial charge is 0.337 e. The summed E-state index contributed by atoms with van der Waals surface area (Å²) in [5, 5.41) is 0. The molecule has 0 unspecified atom stereocenters. The van der Waals surface area contributed by atoms with Gasteiger partial charge in [0.25, 0.3) is 0 Å². The average Bonchev–Trinajstić information content (AvgIpc) is 2.47. The van der Waals surface area contributed by atoms with Crippen molar-refractivity contribution in [2.45, 2.75) is 46.1 Å². The molecule has 2 rings (SSSR count). The van der Waals surface area contributed by atoms with Crippen molar-refractivity contribution in [3.05, 3.63) is 41.2 Å². The second-order valence-electron chi connectivity index (χ2n) is 6.43. The van der Waals surface area contributed by atoms with Crippen LogP contribution in [0, 0.1) is 24.3 Å². The fourth-order valence-corrected chi connectivity index (χ4v) is 3.16. The Labute approximate surface area is 127 Å². The van der Waals surface area contributed by atoms with Crippen LogP contribution in [-0.4, -0.2) is 12.1 Å². The van der Waals surface area contributed by atoms with Crippen molar-refractivity contribution in [1.29, 1.82) is 0 Å². The van der Waals surface area contributed by atoms with E-state index >= 15 is 0 Å². The van der Waals surface area contributed by atoms with Crippen LogP contribution in [0.3, 0.4) is 0 Å². The van der Waals surface area contributed by atoms with E-state index in [1.807, 2.05) is 0 Å². The van der Waals surface area contributed by atoms with E-state index in [1.54, 1.807) is 24.3 Å². The molecule has 1 aromatic rings. The summed E-state index contributed by atoms with van der Waals surface area (Å²) in [6.07, 6.45) is 3.28. The third-order valence-electron chi connectivity index (χ3n) is 4.43. The van der Waals surface area contributed by atoms with Crippen LogP contribution in [0.15, 0.2) is 24.3 Å². The molecule has 0 radical (unpaired) electrons. The Bertz CT molecular complexity index is 544. The molecule has 0 heterocycles. The molecule has 112 valence electrons. The van der Waals surface area contributed by atoms with E-state index in [1.165, 1.54) is 6.42 Å². The van der Waals surface area contributed by atoms with Gasteiger partial charge >= 0.3 is 5.97 Å². The first-order valence-electron chi connectivity index (χ1n) is 7.69. The first kappa shape index (κ1) is 15.6. The lowest BCUT2D eigenvalue weighted by atomic mass is 9.75. The van der Waals surface area contributed by atoms with Crippen LogP contribution >= 0.6 is 0 Å². The van der Waals surface area contributed by atoms with Crippen LogP contribution in [0.25, 0.3) is 4.85 Å². The Morgan fingerprint density at radius 2 is 2.14 bits per heavy atom. The minimum atomic E-state index is -0.301. The zero-order valence-corrected chi connectivity index (χ0v) is 13.0. The topological polar surface area (TPSA) is 30.7 Å². The standard InChI is InChI=1S/C18H23NO2/c1-12(2)16-9-8-13(3)10-17(16)21-18(20)14-6-5-7-15(11-14)19-4/h5-7,11-13,16-17H,8-10H2,1-3H3/t13-,16+,17+/m1/s1. The van der Waals surface area contributed by atoms with Gasteiger partial charge in [0.1, 0.15) is 6.10 Å². The summed E-state index contributed by atoms with van der Waals surface area (Å²) in [5.41, 5.74) is 0.950. The number of hydrogen-bond donors (Lipinski definition) is 0. The molecule has 1 aromatic carbocycles. The van der Waals surface area contributed by atoms with Gasteiger partial charge in [-0.25, -0.2) is 9.64 Å². The van der Waals surface area contributed by atoms with Crippen molar-refractivity contribution in [1.82, 2.24) is 0 Å². The van der Waals surface area contributed by atoms with Crippen molar-refractivity contribution >= 4 is 11.7 Å². The first-order chi connectivity index (χ1) is 10.0. The van der Waals surface area contributed by atoms with Crippen molar-refractivity contribution < 1.29 is 9.53 Å². The minimum absolute atomic E-state index is 0.00199. The van der Waals surface area contributed by atoms with Crippen LogP contribution in [0.1, 0.15) is 50.4 Å². The summed E-state index contributed by atoms with van der Waals surface area (Å²) in [5.74, 6) is 1.26. The molecule has 0 saturated heterocycles. The maximum atomic E-state index is 12.3. The van der Waals surface area contributed by atoms with E-state index in [0.717, 1.165) is 12.8 Å². The van der Waals surface area contributed by atoms with Gasteiger partial charge in [-0.15, -0.1) is 0 Å². The molecule has 21 heavy (non-hydrogen) atoms. The summed E-state index contributed by atoms with van der Waals surface area (Å²) in [4.78, 5) is 15.7. The number of ether oxygens (including phenoxy) is 1. The highest BCUT2D eigenvalue weighted by molar-refractivity contribution is 5.90. The fraction of sp³-hybridized carbons (Fsp3) is 0.556. The lowest BCUT2D eigenvalue weighted by molar-refractivity contribution is -0.0174. The largest absolute Gasteiger partial charge is 0.459 e. The van der Waals surface area contributed by atoms with Gasteiger partial charge in [0, 0.05) is 5.56 Å². The maximum absolute atomic E-state index is 12.3. The summed E-state index contributed by atoms with van der Waals surface area (Å²) >= 11 is 0. The highest BCUT2D eigenvalue weighted by atomic mass is 16.5. The molecule has 3 atom stereocenters. The van der Waals surface area contributed by atoms with Gasteiger partial charge in [-0.3, -0.25) is 0 Å². The maximum Gasteiger partial charge on any atom is 0.337 e. The lowest BCUT2D eigenvalue weighted by Gasteiger charge is -2.36. The van der Waals surface area contributed by atoms with Crippen LogP contribution in [0.2, 0.25) is 0 Å². The molecular formula is C18H23NO2. The second-order valence-corrected chi connectivity index (χ2v) is 6.43. The lowest BCUT2D eigenvalue weighted by Crippen LogP contribution is -2.35. The second kappa shape index (κ2) is 6.76. The third-order valence-corrected chi connectivity index (χ3v) is 4.43. The van der Waals surface area contributed by atoms with E-state index in [9.17, 15) is 4.79 Å². The molecule has 0 aliphatic heterocycles. The van der Waals surface area contributed by atoms with Crippen LogP contribution in [-0.2, 0) is 4.74 Å². The molecule has 3 heteroatoms. The molecule has 0 spiro atoms. The molecule has 0 amide bonds. The number of carbonyl (C=O) groups excluding carboxylic acids is 1. The summed E-state index contributed by atoms with van der Waals surface area (Å²) in [6.45, 7) is 13.6. The summed E-state index contributed by atoms with van der Waals surface area (Å²) < 4.78 is 5.78. The zero-order chi connectivity index (χ0) is 15.4. The molecule has 0 N–H and O–H groups in total. The highest BCUT2D eigenvalue weighted by Gasteiger charge is 2.33. The van der Waals surface area contributed by atoms with Crippen molar-refractivity contribution in [2.75, 3.05) is 0 Å². The molecular weight excluding hydrogens is 262 g/mol. The van der Waals surface area contributed by atoms with Gasteiger partial charge in [-0.2, -0.15) is 0 Å². The highest BCUT2D eigenvalue weighted by Crippen LogP contribution is 2.35. The number of rotatable bonds is 3. The van der Waals surface area contributed by atoms with Crippen molar-refractivity contribution in [3.8, 4) is 0 Å². The predicted molar refractivity (Wildman–Crippen MR) is 83.3 cm³/mol. The Hall–Kier alpha value is -1.82. The third kappa shape index (κ3) is 3.85. The Morgan fingerprint density at radius 3 is 2.81 bits per heavy atom. The minimum Gasteiger partial charge on any atom is -0.459 e. The average molecular weight is 285 g/mol. The summed E-state index contributed by atoms with van der Waals surface area (Å²) in [6, 6.07) is 6.75. The van der Waals surface area contributed by atoms with Gasteiger partial charge in [-0.05, 0) is 36.7 Å². The Morgan fingerprint density at radius 1 is 1.38 bits per heavy atom. The quantitative estimate of drug-likeness (QED) is 0.587. The zero-order valence-electron chi connectivity index (χ0n) is 13.0.